The molecule has 0 atom stereocenters. The molecule has 0 spiro atoms. The summed E-state index contributed by atoms with van der Waals surface area (Å²) in [6.45, 7) is 8.03. The van der Waals surface area contributed by atoms with E-state index in [1.54, 1.807) is 24.3 Å². The van der Waals surface area contributed by atoms with Crippen LogP contribution >= 0.6 is 23.4 Å². The fourth-order valence-corrected chi connectivity index (χ4v) is 3.65. The molecule has 0 bridgehead atoms. The zero-order valence-corrected chi connectivity index (χ0v) is 17.4. The van der Waals surface area contributed by atoms with Gasteiger partial charge >= 0.3 is 0 Å². The number of carbonyl (C=O) groups is 2. The number of hydrogen-bond donors (Lipinski definition) is 2. The van der Waals surface area contributed by atoms with E-state index in [0.29, 0.717) is 10.8 Å². The molecule has 2 rings (SSSR count). The maximum Gasteiger partial charge on any atom is 0.276 e. The number of ether oxygens (including phenoxy) is 1. The summed E-state index contributed by atoms with van der Waals surface area (Å²) in [5, 5.41) is 0.589. The Hall–Kier alpha value is -2.18. The Morgan fingerprint density at radius 1 is 0.963 bits per heavy atom. The van der Waals surface area contributed by atoms with Crippen molar-refractivity contribution < 1.29 is 14.3 Å². The number of aryl methyl sites for hydroxylation is 2. The molecule has 0 fully saturated rings. The van der Waals surface area contributed by atoms with Gasteiger partial charge in [0.15, 0.2) is 6.61 Å². The van der Waals surface area contributed by atoms with E-state index in [-0.39, 0.29) is 18.3 Å². The van der Waals surface area contributed by atoms with Crippen LogP contribution in [-0.2, 0) is 9.59 Å². The zero-order chi connectivity index (χ0) is 20.0. The van der Waals surface area contributed by atoms with Crippen molar-refractivity contribution in [3.8, 4) is 5.75 Å². The summed E-state index contributed by atoms with van der Waals surface area (Å²) in [7, 11) is 0. The summed E-state index contributed by atoms with van der Waals surface area (Å²) in [6, 6.07) is 8.82. The second-order valence-corrected chi connectivity index (χ2v) is 7.64. The summed E-state index contributed by atoms with van der Waals surface area (Å²) in [4.78, 5) is 24.9. The van der Waals surface area contributed by atoms with Crippen molar-refractivity contribution >= 4 is 35.2 Å². The third kappa shape index (κ3) is 6.19. The Morgan fingerprint density at radius 3 is 2.11 bits per heavy atom. The third-order valence-corrected chi connectivity index (χ3v) is 5.73. The van der Waals surface area contributed by atoms with Gasteiger partial charge in [0.2, 0.25) is 5.91 Å². The van der Waals surface area contributed by atoms with Crippen molar-refractivity contribution in [2.75, 3.05) is 12.4 Å². The minimum Gasteiger partial charge on any atom is -0.484 e. The van der Waals surface area contributed by atoms with Crippen molar-refractivity contribution in [2.24, 2.45) is 0 Å². The van der Waals surface area contributed by atoms with Crippen LogP contribution in [0.2, 0.25) is 5.02 Å². The number of nitrogens with one attached hydrogen (secondary N) is 2. The number of rotatable bonds is 6. The van der Waals surface area contributed by atoms with E-state index in [2.05, 4.69) is 44.6 Å². The normalized spacial score (nSPS) is 10.4. The predicted octanol–water partition coefficient (Wildman–Crippen LogP) is 3.89. The molecule has 0 aliphatic heterocycles. The molecular formula is C20H23ClN2O3S. The molecule has 0 aromatic heterocycles. The molecule has 0 unspecified atom stereocenters. The topological polar surface area (TPSA) is 67.4 Å². The molecule has 2 N–H and O–H groups in total. The quantitative estimate of drug-likeness (QED) is 0.564. The van der Waals surface area contributed by atoms with E-state index < -0.39 is 5.91 Å². The van der Waals surface area contributed by atoms with Gasteiger partial charge in [-0.25, -0.2) is 0 Å². The van der Waals surface area contributed by atoms with E-state index in [0.717, 1.165) is 4.90 Å². The van der Waals surface area contributed by atoms with Crippen molar-refractivity contribution in [2.45, 2.75) is 32.6 Å². The highest BCUT2D eigenvalue weighted by molar-refractivity contribution is 8.00. The van der Waals surface area contributed by atoms with Gasteiger partial charge in [0.05, 0.1) is 5.75 Å². The molecule has 0 saturated heterocycles. The summed E-state index contributed by atoms with van der Waals surface area (Å²) in [5.41, 5.74) is 9.51. The van der Waals surface area contributed by atoms with Crippen molar-refractivity contribution in [3.63, 3.8) is 0 Å². The Kier molecular flexibility index (Phi) is 7.56. The zero-order valence-electron chi connectivity index (χ0n) is 15.8. The first-order valence-corrected chi connectivity index (χ1v) is 9.80. The predicted molar refractivity (Wildman–Crippen MR) is 109 cm³/mol. The SMILES string of the molecule is Cc1cc(C)c(C)c(SCC(=O)NNC(=O)COc2ccc(Cl)cc2)c1C. The van der Waals surface area contributed by atoms with E-state index in [9.17, 15) is 9.59 Å². The largest absolute Gasteiger partial charge is 0.484 e. The summed E-state index contributed by atoms with van der Waals surface area (Å²) in [6.07, 6.45) is 0. The van der Waals surface area contributed by atoms with Crippen LogP contribution in [0, 0.1) is 27.7 Å². The summed E-state index contributed by atoms with van der Waals surface area (Å²) >= 11 is 7.25. The van der Waals surface area contributed by atoms with Crippen LogP contribution in [0.1, 0.15) is 22.3 Å². The van der Waals surface area contributed by atoms with Crippen LogP contribution < -0.4 is 15.6 Å². The van der Waals surface area contributed by atoms with Crippen LogP contribution in [0.25, 0.3) is 0 Å². The summed E-state index contributed by atoms with van der Waals surface area (Å²) in [5.74, 6) is 0.0140. The smallest absolute Gasteiger partial charge is 0.276 e. The van der Waals surface area contributed by atoms with Crippen LogP contribution in [0.4, 0.5) is 0 Å². The summed E-state index contributed by atoms with van der Waals surface area (Å²) < 4.78 is 5.31. The van der Waals surface area contributed by atoms with Crippen LogP contribution in [-0.4, -0.2) is 24.2 Å². The van der Waals surface area contributed by atoms with Crippen LogP contribution in [0.5, 0.6) is 5.75 Å². The highest BCUT2D eigenvalue weighted by Gasteiger charge is 2.12. The van der Waals surface area contributed by atoms with E-state index in [1.165, 1.54) is 34.0 Å². The molecule has 0 heterocycles. The first-order valence-electron chi connectivity index (χ1n) is 8.44. The van der Waals surface area contributed by atoms with E-state index >= 15 is 0 Å². The van der Waals surface area contributed by atoms with E-state index in [4.69, 9.17) is 16.3 Å². The number of halogens is 1. The first-order chi connectivity index (χ1) is 12.8. The van der Waals surface area contributed by atoms with Gasteiger partial charge in [-0.3, -0.25) is 20.4 Å². The molecule has 2 aromatic carbocycles. The molecule has 0 aliphatic carbocycles. The molecule has 0 saturated carbocycles. The molecule has 2 amide bonds. The lowest BCUT2D eigenvalue weighted by Crippen LogP contribution is -2.44. The van der Waals surface area contributed by atoms with Crippen LogP contribution in [0.15, 0.2) is 35.2 Å². The minimum absolute atomic E-state index is 0.204. The van der Waals surface area contributed by atoms with Crippen LogP contribution in [0.3, 0.4) is 0 Å². The molecule has 2 aromatic rings. The molecule has 7 heteroatoms. The van der Waals surface area contributed by atoms with Gasteiger partial charge < -0.3 is 4.74 Å². The van der Waals surface area contributed by atoms with Gasteiger partial charge in [-0.05, 0) is 74.2 Å². The van der Waals surface area contributed by atoms with Gasteiger partial charge in [-0.1, -0.05) is 17.7 Å². The monoisotopic (exact) mass is 406 g/mol. The Morgan fingerprint density at radius 2 is 1.52 bits per heavy atom. The Labute approximate surface area is 168 Å². The first kappa shape index (κ1) is 21.1. The second kappa shape index (κ2) is 9.67. The fraction of sp³-hybridized carbons (Fsp3) is 0.300. The molecule has 27 heavy (non-hydrogen) atoms. The number of thioether (sulfide) groups is 1. The number of amides is 2. The number of benzene rings is 2. The maximum absolute atomic E-state index is 12.0. The van der Waals surface area contributed by atoms with Gasteiger partial charge in [0, 0.05) is 9.92 Å². The molecule has 144 valence electrons. The van der Waals surface area contributed by atoms with Gasteiger partial charge in [-0.15, -0.1) is 11.8 Å². The van der Waals surface area contributed by atoms with Crippen molar-refractivity contribution in [1.29, 1.82) is 0 Å². The highest BCUT2D eigenvalue weighted by atomic mass is 35.5. The maximum atomic E-state index is 12.0. The molecular weight excluding hydrogens is 384 g/mol. The molecule has 5 nitrogen and oxygen atoms in total. The Balaban J connectivity index is 1.78. The Bertz CT molecular complexity index is 812. The minimum atomic E-state index is -0.443. The lowest BCUT2D eigenvalue weighted by atomic mass is 10.0. The lowest BCUT2D eigenvalue weighted by Gasteiger charge is -2.15. The number of hydrogen-bond acceptors (Lipinski definition) is 4. The van der Waals surface area contributed by atoms with Crippen molar-refractivity contribution in [1.82, 2.24) is 10.9 Å². The van der Waals surface area contributed by atoms with Gasteiger partial charge in [-0.2, -0.15) is 0 Å². The molecule has 0 radical (unpaired) electrons. The fourth-order valence-electron chi connectivity index (χ4n) is 2.43. The third-order valence-electron chi connectivity index (χ3n) is 4.17. The van der Waals surface area contributed by atoms with Gasteiger partial charge in [0.1, 0.15) is 5.75 Å². The second-order valence-electron chi connectivity index (χ2n) is 6.22. The molecule has 0 aliphatic rings. The number of carbonyl (C=O) groups excluding carboxylic acids is 2. The van der Waals surface area contributed by atoms with Gasteiger partial charge in [0.25, 0.3) is 5.91 Å². The number of hydrazine groups is 1. The highest BCUT2D eigenvalue weighted by Crippen LogP contribution is 2.30. The average Bonchev–Trinajstić information content (AvgIpc) is 2.64. The standard InChI is InChI=1S/C20H23ClN2O3S/c1-12-9-13(2)15(4)20(14(12)3)27-11-19(25)23-22-18(24)10-26-17-7-5-16(21)6-8-17/h5-9H,10-11H2,1-4H3,(H,22,24)(H,23,25). The average molecular weight is 407 g/mol. The van der Waals surface area contributed by atoms with E-state index in [1.807, 2.05) is 0 Å². The lowest BCUT2D eigenvalue weighted by molar-refractivity contribution is -0.128. The van der Waals surface area contributed by atoms with Crippen molar-refractivity contribution in [3.05, 3.63) is 57.6 Å².